The van der Waals surface area contributed by atoms with Crippen LogP contribution in [0, 0.1) is 0 Å². The van der Waals surface area contributed by atoms with Gasteiger partial charge in [0.15, 0.2) is 0 Å². The molecule has 0 saturated heterocycles. The van der Waals surface area contributed by atoms with Crippen LogP contribution < -0.4 is 10.6 Å². The second-order valence-electron chi connectivity index (χ2n) is 3.91. The van der Waals surface area contributed by atoms with Crippen LogP contribution in [0.25, 0.3) is 0 Å². The van der Waals surface area contributed by atoms with E-state index in [1.165, 1.54) is 11.3 Å². The summed E-state index contributed by atoms with van der Waals surface area (Å²) in [5, 5.41) is 1.83. The molecule has 0 spiro atoms. The van der Waals surface area contributed by atoms with Crippen molar-refractivity contribution in [3.05, 3.63) is 50.6 Å². The molecule has 0 unspecified atom stereocenters. The number of nitrogens with zero attached hydrogens (tertiary/aromatic N) is 1. The van der Waals surface area contributed by atoms with Crippen molar-refractivity contribution in [2.75, 3.05) is 11.9 Å². The van der Waals surface area contributed by atoms with Crippen LogP contribution in [-0.2, 0) is 0 Å². The van der Waals surface area contributed by atoms with E-state index >= 15 is 0 Å². The highest BCUT2D eigenvalue weighted by molar-refractivity contribution is 9.11. The summed E-state index contributed by atoms with van der Waals surface area (Å²) in [5.74, 6) is -0.0509. The highest BCUT2D eigenvalue weighted by Crippen LogP contribution is 2.23. The quantitative estimate of drug-likeness (QED) is 0.859. The molecule has 1 heterocycles. The third-order valence-electron chi connectivity index (χ3n) is 2.66. The van der Waals surface area contributed by atoms with Gasteiger partial charge < -0.3 is 10.6 Å². The largest absolute Gasteiger partial charge is 0.389 e. The van der Waals surface area contributed by atoms with Crippen molar-refractivity contribution in [3.63, 3.8) is 0 Å². The molecule has 0 atom stereocenters. The number of carbonyl (C=O) groups excluding carboxylic acids is 1. The standard InChI is InChI=1S/C13H11BrN2OS2/c1-16(13(17)9-6-11(14)19-7-9)10-4-2-8(3-5-10)12(15)18/h2-7H,1H3,(H2,15,18). The van der Waals surface area contributed by atoms with Crippen molar-refractivity contribution in [1.29, 1.82) is 0 Å². The van der Waals surface area contributed by atoms with Crippen LogP contribution in [0.2, 0.25) is 0 Å². The summed E-state index contributed by atoms with van der Waals surface area (Å²) >= 11 is 9.73. The molecule has 0 fully saturated rings. The van der Waals surface area contributed by atoms with Gasteiger partial charge >= 0.3 is 0 Å². The molecule has 1 aromatic heterocycles. The van der Waals surface area contributed by atoms with E-state index in [0.29, 0.717) is 10.6 Å². The number of halogens is 1. The van der Waals surface area contributed by atoms with Gasteiger partial charge in [-0.1, -0.05) is 12.2 Å². The minimum Gasteiger partial charge on any atom is -0.389 e. The van der Waals surface area contributed by atoms with Crippen molar-refractivity contribution in [2.45, 2.75) is 0 Å². The molecular weight excluding hydrogens is 344 g/mol. The second kappa shape index (κ2) is 5.81. The van der Waals surface area contributed by atoms with E-state index in [4.69, 9.17) is 18.0 Å². The van der Waals surface area contributed by atoms with Gasteiger partial charge in [-0.15, -0.1) is 11.3 Å². The molecule has 0 aliphatic carbocycles. The fourth-order valence-corrected chi connectivity index (χ4v) is 2.85. The van der Waals surface area contributed by atoms with Crippen LogP contribution >= 0.6 is 39.5 Å². The Hall–Kier alpha value is -1.24. The Morgan fingerprint density at radius 3 is 2.42 bits per heavy atom. The maximum atomic E-state index is 12.2. The molecule has 0 aliphatic rings. The topological polar surface area (TPSA) is 46.3 Å². The monoisotopic (exact) mass is 354 g/mol. The molecule has 2 N–H and O–H groups in total. The number of amides is 1. The lowest BCUT2D eigenvalue weighted by Gasteiger charge is -2.16. The van der Waals surface area contributed by atoms with Crippen LogP contribution in [0.5, 0.6) is 0 Å². The van der Waals surface area contributed by atoms with Crippen LogP contribution in [0.3, 0.4) is 0 Å². The van der Waals surface area contributed by atoms with Crippen LogP contribution in [0.15, 0.2) is 39.5 Å². The van der Waals surface area contributed by atoms with Crippen LogP contribution in [0.4, 0.5) is 5.69 Å². The number of nitrogens with two attached hydrogens (primary N) is 1. The maximum Gasteiger partial charge on any atom is 0.258 e. The SMILES string of the molecule is CN(C(=O)c1csc(Br)c1)c1ccc(C(N)=S)cc1. The van der Waals surface area contributed by atoms with Gasteiger partial charge in [-0.25, -0.2) is 0 Å². The Balaban J connectivity index is 2.21. The molecule has 98 valence electrons. The molecule has 2 aromatic rings. The fraction of sp³-hybridized carbons (Fsp3) is 0.0769. The molecule has 0 radical (unpaired) electrons. The van der Waals surface area contributed by atoms with E-state index in [2.05, 4.69) is 15.9 Å². The first-order valence-corrected chi connectivity index (χ1v) is 7.49. The fourth-order valence-electron chi connectivity index (χ4n) is 1.58. The van der Waals surface area contributed by atoms with Gasteiger partial charge in [0.05, 0.1) is 9.35 Å². The van der Waals surface area contributed by atoms with Crippen molar-refractivity contribution in [2.24, 2.45) is 5.73 Å². The van der Waals surface area contributed by atoms with E-state index < -0.39 is 0 Å². The lowest BCUT2D eigenvalue weighted by Crippen LogP contribution is -2.25. The third-order valence-corrected chi connectivity index (χ3v) is 4.40. The average molecular weight is 355 g/mol. The van der Waals surface area contributed by atoms with E-state index in [9.17, 15) is 4.79 Å². The molecule has 6 heteroatoms. The predicted molar refractivity (Wildman–Crippen MR) is 87.1 cm³/mol. The van der Waals surface area contributed by atoms with E-state index in [-0.39, 0.29) is 5.91 Å². The lowest BCUT2D eigenvalue weighted by molar-refractivity contribution is 0.0993. The van der Waals surface area contributed by atoms with Gasteiger partial charge in [0.1, 0.15) is 4.99 Å². The molecule has 0 aliphatic heterocycles. The van der Waals surface area contributed by atoms with Gasteiger partial charge in [0.2, 0.25) is 0 Å². The number of hydrogen-bond acceptors (Lipinski definition) is 3. The Morgan fingerprint density at radius 1 is 1.32 bits per heavy atom. The van der Waals surface area contributed by atoms with Crippen molar-refractivity contribution in [3.8, 4) is 0 Å². The normalized spacial score (nSPS) is 10.2. The van der Waals surface area contributed by atoms with E-state index in [1.54, 1.807) is 11.9 Å². The molecule has 19 heavy (non-hydrogen) atoms. The van der Waals surface area contributed by atoms with Gasteiger partial charge in [-0.3, -0.25) is 4.79 Å². The summed E-state index contributed by atoms with van der Waals surface area (Å²) < 4.78 is 0.938. The Bertz CT molecular complexity index is 622. The summed E-state index contributed by atoms with van der Waals surface area (Å²) in [4.78, 5) is 14.2. The zero-order chi connectivity index (χ0) is 14.0. The van der Waals surface area contributed by atoms with Crippen LogP contribution in [-0.4, -0.2) is 17.9 Å². The first-order chi connectivity index (χ1) is 8.99. The van der Waals surface area contributed by atoms with E-state index in [1.807, 2.05) is 35.7 Å². The Kier molecular flexibility index (Phi) is 4.34. The first kappa shape index (κ1) is 14.2. The summed E-state index contributed by atoms with van der Waals surface area (Å²) in [6.45, 7) is 0. The molecule has 3 nitrogen and oxygen atoms in total. The smallest absolute Gasteiger partial charge is 0.258 e. The number of rotatable bonds is 3. The minimum atomic E-state index is -0.0509. The highest BCUT2D eigenvalue weighted by atomic mass is 79.9. The molecular formula is C13H11BrN2OS2. The summed E-state index contributed by atoms with van der Waals surface area (Å²) in [6.07, 6.45) is 0. The number of carbonyl (C=O) groups is 1. The van der Waals surface area contributed by atoms with Gasteiger partial charge in [-0.05, 0) is 46.3 Å². The van der Waals surface area contributed by atoms with E-state index in [0.717, 1.165) is 15.0 Å². The summed E-state index contributed by atoms with van der Waals surface area (Å²) in [7, 11) is 1.74. The van der Waals surface area contributed by atoms with Crippen LogP contribution in [0.1, 0.15) is 15.9 Å². The van der Waals surface area contributed by atoms with Gasteiger partial charge in [0, 0.05) is 23.7 Å². The number of thiophene rings is 1. The first-order valence-electron chi connectivity index (χ1n) is 5.41. The number of benzene rings is 1. The number of hydrogen-bond donors (Lipinski definition) is 1. The average Bonchev–Trinajstić information content (AvgIpc) is 2.84. The highest BCUT2D eigenvalue weighted by Gasteiger charge is 2.14. The Morgan fingerprint density at radius 2 is 1.95 bits per heavy atom. The van der Waals surface area contributed by atoms with Gasteiger partial charge in [-0.2, -0.15) is 0 Å². The number of anilines is 1. The zero-order valence-electron chi connectivity index (χ0n) is 10.1. The lowest BCUT2D eigenvalue weighted by atomic mass is 10.2. The predicted octanol–water partition coefficient (Wildman–Crippen LogP) is 3.42. The van der Waals surface area contributed by atoms with Crippen molar-refractivity contribution < 1.29 is 4.79 Å². The zero-order valence-corrected chi connectivity index (χ0v) is 13.3. The second-order valence-corrected chi connectivity index (χ2v) is 6.65. The Labute approximate surface area is 129 Å². The molecule has 0 saturated carbocycles. The minimum absolute atomic E-state index is 0.0509. The van der Waals surface area contributed by atoms with Crippen molar-refractivity contribution >= 4 is 56.1 Å². The molecule has 1 aromatic carbocycles. The number of thiocarbonyl (C=S) groups is 1. The summed E-state index contributed by atoms with van der Waals surface area (Å²) in [6, 6.07) is 9.09. The van der Waals surface area contributed by atoms with Gasteiger partial charge in [0.25, 0.3) is 5.91 Å². The molecule has 0 bridgehead atoms. The summed E-state index contributed by atoms with van der Waals surface area (Å²) in [5.41, 5.74) is 7.79. The molecule has 1 amide bonds. The third kappa shape index (κ3) is 3.20. The maximum absolute atomic E-state index is 12.2. The van der Waals surface area contributed by atoms with Crippen molar-refractivity contribution in [1.82, 2.24) is 0 Å². The molecule has 2 rings (SSSR count).